The standard InChI is InChI=1S/C19H18O5/c20-18(21)13-23-17-8-4-7-16-15(12-24-19(16)17)9-10-22-11-14-5-2-1-3-6-14/h1-8,12H,9-11,13H2,(H,20,21). The number of rotatable bonds is 8. The van der Waals surface area contributed by atoms with Gasteiger partial charge in [-0.3, -0.25) is 0 Å². The van der Waals surface area contributed by atoms with Gasteiger partial charge < -0.3 is 19.0 Å². The van der Waals surface area contributed by atoms with Gasteiger partial charge in [-0.15, -0.1) is 0 Å². The second-order valence-electron chi connectivity index (χ2n) is 5.36. The molecule has 0 aliphatic carbocycles. The van der Waals surface area contributed by atoms with Gasteiger partial charge in [0.25, 0.3) is 0 Å². The van der Waals surface area contributed by atoms with Gasteiger partial charge in [-0.25, -0.2) is 4.79 Å². The molecule has 3 rings (SSSR count). The SMILES string of the molecule is O=C(O)COc1cccc2c(CCOCc3ccccc3)coc12. The van der Waals surface area contributed by atoms with Crippen LogP contribution in [0, 0.1) is 0 Å². The topological polar surface area (TPSA) is 68.9 Å². The highest BCUT2D eigenvalue weighted by atomic mass is 16.5. The summed E-state index contributed by atoms with van der Waals surface area (Å²) in [7, 11) is 0. The molecule has 0 saturated carbocycles. The molecule has 1 N–H and O–H groups in total. The Morgan fingerprint density at radius 1 is 1.08 bits per heavy atom. The maximum Gasteiger partial charge on any atom is 0.341 e. The molecule has 3 aromatic rings. The molecule has 1 heterocycles. The number of fused-ring (bicyclic) bond motifs is 1. The minimum atomic E-state index is -1.02. The maximum absolute atomic E-state index is 10.6. The zero-order valence-corrected chi connectivity index (χ0v) is 13.1. The lowest BCUT2D eigenvalue weighted by atomic mass is 10.1. The first-order valence-electron chi connectivity index (χ1n) is 7.69. The van der Waals surface area contributed by atoms with E-state index in [1.165, 1.54) is 0 Å². The molecule has 0 saturated heterocycles. The molecule has 24 heavy (non-hydrogen) atoms. The van der Waals surface area contributed by atoms with E-state index in [2.05, 4.69) is 0 Å². The van der Waals surface area contributed by atoms with Crippen LogP contribution in [0.15, 0.2) is 59.2 Å². The molecule has 0 fully saturated rings. The molecule has 124 valence electrons. The highest BCUT2D eigenvalue weighted by molar-refractivity contribution is 5.86. The van der Waals surface area contributed by atoms with Crippen LogP contribution in [0.3, 0.4) is 0 Å². The van der Waals surface area contributed by atoms with Gasteiger partial charge in [0.2, 0.25) is 0 Å². The normalized spacial score (nSPS) is 10.8. The first-order chi connectivity index (χ1) is 11.7. The quantitative estimate of drug-likeness (QED) is 0.640. The van der Waals surface area contributed by atoms with Crippen molar-refractivity contribution in [1.29, 1.82) is 0 Å². The molecule has 0 aliphatic rings. The molecule has 0 bridgehead atoms. The lowest BCUT2D eigenvalue weighted by molar-refractivity contribution is -0.139. The molecule has 2 aromatic carbocycles. The van der Waals surface area contributed by atoms with Gasteiger partial charge >= 0.3 is 5.97 Å². The van der Waals surface area contributed by atoms with Crippen molar-refractivity contribution in [3.63, 3.8) is 0 Å². The number of hydrogen-bond donors (Lipinski definition) is 1. The van der Waals surface area contributed by atoms with Crippen LogP contribution < -0.4 is 4.74 Å². The predicted octanol–water partition coefficient (Wildman–Crippen LogP) is 3.66. The van der Waals surface area contributed by atoms with Crippen molar-refractivity contribution >= 4 is 16.9 Å². The monoisotopic (exact) mass is 326 g/mol. The van der Waals surface area contributed by atoms with E-state index in [0.29, 0.717) is 31.0 Å². The lowest BCUT2D eigenvalue weighted by Gasteiger charge is -2.05. The van der Waals surface area contributed by atoms with E-state index in [1.807, 2.05) is 42.5 Å². The zero-order chi connectivity index (χ0) is 16.8. The summed E-state index contributed by atoms with van der Waals surface area (Å²) in [4.78, 5) is 10.6. The molecule has 0 atom stereocenters. The summed E-state index contributed by atoms with van der Waals surface area (Å²) >= 11 is 0. The van der Waals surface area contributed by atoms with Crippen molar-refractivity contribution < 1.29 is 23.8 Å². The fourth-order valence-electron chi connectivity index (χ4n) is 2.48. The van der Waals surface area contributed by atoms with Gasteiger partial charge in [0.15, 0.2) is 17.9 Å². The first kappa shape index (κ1) is 16.1. The number of furan rings is 1. The van der Waals surface area contributed by atoms with Crippen LogP contribution in [0.2, 0.25) is 0 Å². The molecule has 0 amide bonds. The number of hydrogen-bond acceptors (Lipinski definition) is 4. The summed E-state index contributed by atoms with van der Waals surface area (Å²) in [6, 6.07) is 15.5. The fraction of sp³-hybridized carbons (Fsp3) is 0.211. The lowest BCUT2D eigenvalue weighted by Crippen LogP contribution is -2.09. The first-order valence-corrected chi connectivity index (χ1v) is 7.69. The van der Waals surface area contributed by atoms with Crippen LogP contribution in [0.4, 0.5) is 0 Å². The van der Waals surface area contributed by atoms with Crippen molar-refractivity contribution in [2.45, 2.75) is 13.0 Å². The van der Waals surface area contributed by atoms with Gasteiger partial charge in [-0.1, -0.05) is 42.5 Å². The van der Waals surface area contributed by atoms with Crippen LogP contribution in [0.25, 0.3) is 11.0 Å². The van der Waals surface area contributed by atoms with Gasteiger partial charge in [0, 0.05) is 10.9 Å². The van der Waals surface area contributed by atoms with Gasteiger partial charge in [-0.2, -0.15) is 0 Å². The Morgan fingerprint density at radius 3 is 2.71 bits per heavy atom. The Hall–Kier alpha value is -2.79. The van der Waals surface area contributed by atoms with Crippen molar-refractivity contribution in [2.24, 2.45) is 0 Å². The Balaban J connectivity index is 1.61. The fourth-order valence-corrected chi connectivity index (χ4v) is 2.48. The number of para-hydroxylation sites is 1. The highest BCUT2D eigenvalue weighted by Crippen LogP contribution is 2.30. The van der Waals surface area contributed by atoms with E-state index in [1.54, 1.807) is 12.3 Å². The summed E-state index contributed by atoms with van der Waals surface area (Å²) < 4.78 is 16.5. The Morgan fingerprint density at radius 2 is 1.92 bits per heavy atom. The third-order valence-electron chi connectivity index (χ3n) is 3.62. The number of carbonyl (C=O) groups is 1. The molecule has 0 unspecified atom stereocenters. The summed E-state index contributed by atoms with van der Waals surface area (Å²) in [6.07, 6.45) is 2.38. The van der Waals surface area contributed by atoms with Crippen LogP contribution in [0.1, 0.15) is 11.1 Å². The van der Waals surface area contributed by atoms with E-state index >= 15 is 0 Å². The van der Waals surface area contributed by atoms with E-state index in [-0.39, 0.29) is 0 Å². The number of carboxylic acids is 1. The van der Waals surface area contributed by atoms with Crippen LogP contribution >= 0.6 is 0 Å². The minimum absolute atomic E-state index is 0.394. The molecule has 5 heteroatoms. The van der Waals surface area contributed by atoms with Crippen LogP contribution in [-0.4, -0.2) is 24.3 Å². The van der Waals surface area contributed by atoms with E-state index < -0.39 is 12.6 Å². The largest absolute Gasteiger partial charge is 0.479 e. The van der Waals surface area contributed by atoms with Gasteiger partial charge in [-0.05, 0) is 18.1 Å². The molecule has 1 aromatic heterocycles. The number of aliphatic carboxylic acids is 1. The highest BCUT2D eigenvalue weighted by Gasteiger charge is 2.11. The van der Waals surface area contributed by atoms with Crippen molar-refractivity contribution in [3.8, 4) is 5.75 Å². The Labute approximate surface area is 139 Å². The van der Waals surface area contributed by atoms with E-state index in [9.17, 15) is 4.79 Å². The molecule has 0 aliphatic heterocycles. The van der Waals surface area contributed by atoms with Gasteiger partial charge in [0.05, 0.1) is 19.5 Å². The van der Waals surface area contributed by atoms with Crippen LogP contribution in [0.5, 0.6) is 5.75 Å². The van der Waals surface area contributed by atoms with Crippen molar-refractivity contribution in [2.75, 3.05) is 13.2 Å². The summed E-state index contributed by atoms with van der Waals surface area (Å²) in [5.41, 5.74) is 2.72. The third-order valence-corrected chi connectivity index (χ3v) is 3.62. The van der Waals surface area contributed by atoms with E-state index in [0.717, 1.165) is 16.5 Å². The van der Waals surface area contributed by atoms with E-state index in [4.69, 9.17) is 19.0 Å². The minimum Gasteiger partial charge on any atom is -0.479 e. The molecular formula is C19H18O5. The zero-order valence-electron chi connectivity index (χ0n) is 13.1. The van der Waals surface area contributed by atoms with Crippen LogP contribution in [-0.2, 0) is 22.6 Å². The molecular weight excluding hydrogens is 308 g/mol. The second kappa shape index (κ2) is 7.66. The Bertz CT molecular complexity index is 807. The van der Waals surface area contributed by atoms with Crippen molar-refractivity contribution in [3.05, 3.63) is 65.9 Å². The third kappa shape index (κ3) is 3.94. The Kier molecular flexibility index (Phi) is 5.13. The molecule has 0 spiro atoms. The van der Waals surface area contributed by atoms with Crippen molar-refractivity contribution in [1.82, 2.24) is 0 Å². The summed E-state index contributed by atoms with van der Waals surface area (Å²) in [5, 5.41) is 9.63. The second-order valence-corrected chi connectivity index (χ2v) is 5.36. The average Bonchev–Trinajstić information content (AvgIpc) is 3.01. The number of carboxylic acid groups (broad SMARTS) is 1. The average molecular weight is 326 g/mol. The summed E-state index contributed by atoms with van der Waals surface area (Å²) in [5.74, 6) is -0.584. The molecule has 0 radical (unpaired) electrons. The number of ether oxygens (including phenoxy) is 2. The summed E-state index contributed by atoms with van der Waals surface area (Å²) in [6.45, 7) is 0.753. The molecule has 5 nitrogen and oxygen atoms in total. The predicted molar refractivity (Wildman–Crippen MR) is 89.1 cm³/mol. The number of benzene rings is 2. The van der Waals surface area contributed by atoms with Gasteiger partial charge in [0.1, 0.15) is 0 Å². The maximum atomic E-state index is 10.6. The smallest absolute Gasteiger partial charge is 0.341 e.